The topological polar surface area (TPSA) is 63.4 Å². The van der Waals surface area contributed by atoms with Crippen LogP contribution in [0.15, 0.2) is 0 Å². The zero-order chi connectivity index (χ0) is 39.4. The number of hydrogen-bond acceptors (Lipinski definition) is 2. The summed E-state index contributed by atoms with van der Waals surface area (Å²) >= 11 is 0. The highest BCUT2D eigenvalue weighted by molar-refractivity contribution is 5.99. The van der Waals surface area contributed by atoms with Crippen molar-refractivity contribution in [1.29, 1.82) is 0 Å². The Morgan fingerprint density at radius 2 is 0.537 bits per heavy atom. The molecular weight excluding hydrogens is 661 g/mol. The van der Waals surface area contributed by atoms with Crippen molar-refractivity contribution in [3.05, 3.63) is 0 Å². The summed E-state index contributed by atoms with van der Waals surface area (Å²) in [5.74, 6) is -1.04. The summed E-state index contributed by atoms with van der Waals surface area (Å²) in [5, 5.41) is 0. The van der Waals surface area contributed by atoms with Gasteiger partial charge in [0.25, 0.3) is 0 Å². The van der Waals surface area contributed by atoms with E-state index in [1.807, 2.05) is 4.90 Å². The fourth-order valence-electron chi connectivity index (χ4n) is 8.30. The van der Waals surface area contributed by atoms with E-state index in [0.717, 1.165) is 38.8 Å². The van der Waals surface area contributed by atoms with E-state index >= 15 is 0 Å². The minimum atomic E-state index is -0.642. The van der Waals surface area contributed by atoms with Crippen LogP contribution in [0, 0.1) is 5.92 Å². The van der Waals surface area contributed by atoms with Gasteiger partial charge in [0, 0.05) is 13.1 Å². The van der Waals surface area contributed by atoms with Crippen molar-refractivity contribution in [2.24, 2.45) is 11.7 Å². The molecule has 4 nitrogen and oxygen atoms in total. The number of amides is 2. The summed E-state index contributed by atoms with van der Waals surface area (Å²) < 4.78 is 0. The van der Waals surface area contributed by atoms with Crippen molar-refractivity contribution in [2.75, 3.05) is 13.1 Å². The zero-order valence-corrected chi connectivity index (χ0v) is 37.5. The summed E-state index contributed by atoms with van der Waals surface area (Å²) in [4.78, 5) is 28.3. The van der Waals surface area contributed by atoms with Gasteiger partial charge in [-0.3, -0.25) is 9.59 Å². The average Bonchev–Trinajstić information content (AvgIpc) is 3.17. The molecule has 2 amide bonds. The first-order chi connectivity index (χ1) is 26.6. The first kappa shape index (κ1) is 52.9. The maximum Gasteiger partial charge on any atom is 0.235 e. The van der Waals surface area contributed by atoms with Gasteiger partial charge in [0.05, 0.1) is 0 Å². The largest absolute Gasteiger partial charge is 0.369 e. The van der Waals surface area contributed by atoms with Crippen molar-refractivity contribution >= 4 is 11.8 Å². The molecule has 0 aliphatic carbocycles. The molecule has 0 aliphatic heterocycles. The first-order valence-electron chi connectivity index (χ1n) is 25.2. The van der Waals surface area contributed by atoms with Gasteiger partial charge in [0.2, 0.25) is 11.8 Å². The second-order valence-electron chi connectivity index (χ2n) is 17.5. The maximum absolute atomic E-state index is 13.8. The van der Waals surface area contributed by atoms with Crippen molar-refractivity contribution < 1.29 is 9.59 Å². The molecular formula is C50H100N2O2. The summed E-state index contributed by atoms with van der Waals surface area (Å²) in [7, 11) is 0. The molecule has 2 N–H and O–H groups in total. The molecule has 0 spiro atoms. The molecule has 0 aliphatic rings. The van der Waals surface area contributed by atoms with Gasteiger partial charge in [0.15, 0.2) is 0 Å². The average molecular weight is 761 g/mol. The molecule has 0 saturated heterocycles. The SMILES string of the molecule is CCCCCCCCCCCCCCCCCCN(CCCCCCCCCCCCCCCCCC)C(=O)C(CCCCCCCCCCC)C(N)=O. The van der Waals surface area contributed by atoms with Crippen LogP contribution in [0.25, 0.3) is 0 Å². The van der Waals surface area contributed by atoms with E-state index in [2.05, 4.69) is 20.8 Å². The highest BCUT2D eigenvalue weighted by Gasteiger charge is 2.28. The summed E-state index contributed by atoms with van der Waals surface area (Å²) in [5.41, 5.74) is 5.88. The van der Waals surface area contributed by atoms with Crippen LogP contribution >= 0.6 is 0 Å². The van der Waals surface area contributed by atoms with E-state index in [-0.39, 0.29) is 5.91 Å². The predicted molar refractivity (Wildman–Crippen MR) is 240 cm³/mol. The Labute approximate surface area is 340 Å². The number of carbonyl (C=O) groups excluding carboxylic acids is 2. The van der Waals surface area contributed by atoms with Gasteiger partial charge in [-0.25, -0.2) is 0 Å². The van der Waals surface area contributed by atoms with Gasteiger partial charge in [-0.2, -0.15) is 0 Å². The monoisotopic (exact) mass is 761 g/mol. The van der Waals surface area contributed by atoms with Crippen LogP contribution in [-0.4, -0.2) is 29.8 Å². The molecule has 0 aromatic heterocycles. The van der Waals surface area contributed by atoms with Crippen molar-refractivity contribution in [1.82, 2.24) is 4.90 Å². The van der Waals surface area contributed by atoms with Crippen LogP contribution in [0.3, 0.4) is 0 Å². The summed E-state index contributed by atoms with van der Waals surface area (Å²) in [6.45, 7) is 8.43. The van der Waals surface area contributed by atoms with Crippen LogP contribution in [0.4, 0.5) is 0 Å². The van der Waals surface area contributed by atoms with Gasteiger partial charge >= 0.3 is 0 Å². The lowest BCUT2D eigenvalue weighted by Crippen LogP contribution is -2.42. The predicted octanol–water partition coefficient (Wildman–Crippen LogP) is 16.4. The number of primary amides is 1. The first-order valence-corrected chi connectivity index (χ1v) is 25.2. The second-order valence-corrected chi connectivity index (χ2v) is 17.5. The van der Waals surface area contributed by atoms with Crippen molar-refractivity contribution in [3.63, 3.8) is 0 Å². The van der Waals surface area contributed by atoms with Crippen LogP contribution < -0.4 is 5.73 Å². The highest BCUT2D eigenvalue weighted by atomic mass is 16.2. The Bertz CT molecular complexity index is 719. The van der Waals surface area contributed by atoms with E-state index in [0.29, 0.717) is 6.42 Å². The minimum Gasteiger partial charge on any atom is -0.369 e. The van der Waals surface area contributed by atoms with Crippen LogP contribution in [0.5, 0.6) is 0 Å². The van der Waals surface area contributed by atoms with Gasteiger partial charge < -0.3 is 10.6 Å². The van der Waals surface area contributed by atoms with E-state index in [4.69, 9.17) is 5.73 Å². The number of nitrogens with zero attached hydrogens (tertiary/aromatic N) is 1. The summed E-state index contributed by atoms with van der Waals surface area (Å²) in [6.07, 6.45) is 55.1. The molecule has 0 fully saturated rings. The van der Waals surface area contributed by atoms with Crippen molar-refractivity contribution in [3.8, 4) is 0 Å². The lowest BCUT2D eigenvalue weighted by Gasteiger charge is -2.26. The van der Waals surface area contributed by atoms with Crippen LogP contribution in [-0.2, 0) is 9.59 Å². The standard InChI is InChI=1S/C50H100N2O2/c1-4-7-10-13-16-19-21-23-25-27-29-31-34-37-40-43-46-52(50(54)48(49(51)53)45-42-39-36-33-18-15-12-9-6-3)47-44-41-38-35-32-30-28-26-24-22-20-17-14-11-8-5-2/h48H,4-47H2,1-3H3,(H2,51,53). The number of hydrogen-bond donors (Lipinski definition) is 1. The molecule has 4 heteroatoms. The molecule has 0 aromatic rings. The number of nitrogens with two attached hydrogens (primary N) is 1. The Morgan fingerprint density at radius 3 is 0.759 bits per heavy atom. The van der Waals surface area contributed by atoms with Gasteiger partial charge in [-0.15, -0.1) is 0 Å². The lowest BCUT2D eigenvalue weighted by atomic mass is 9.97. The van der Waals surface area contributed by atoms with E-state index in [1.165, 1.54) is 238 Å². The van der Waals surface area contributed by atoms with Gasteiger partial charge in [-0.05, 0) is 19.3 Å². The van der Waals surface area contributed by atoms with Gasteiger partial charge in [-0.1, -0.05) is 271 Å². The van der Waals surface area contributed by atoms with Crippen LogP contribution in [0.2, 0.25) is 0 Å². The Hall–Kier alpha value is -1.06. The Morgan fingerprint density at radius 1 is 0.333 bits per heavy atom. The fourth-order valence-corrected chi connectivity index (χ4v) is 8.30. The normalized spacial score (nSPS) is 12.1. The smallest absolute Gasteiger partial charge is 0.235 e. The lowest BCUT2D eigenvalue weighted by molar-refractivity contribution is -0.141. The van der Waals surface area contributed by atoms with Crippen molar-refractivity contribution in [2.45, 2.75) is 290 Å². The molecule has 0 aromatic carbocycles. The van der Waals surface area contributed by atoms with Gasteiger partial charge in [0.1, 0.15) is 5.92 Å². The molecule has 1 unspecified atom stereocenters. The Kier molecular flexibility index (Phi) is 43.8. The minimum absolute atomic E-state index is 0.0176. The number of unbranched alkanes of at least 4 members (excludes halogenated alkanes) is 38. The second kappa shape index (κ2) is 44.7. The molecule has 0 saturated carbocycles. The van der Waals surface area contributed by atoms with E-state index in [9.17, 15) is 9.59 Å². The molecule has 54 heavy (non-hydrogen) atoms. The molecule has 322 valence electrons. The van der Waals surface area contributed by atoms with E-state index in [1.54, 1.807) is 0 Å². The fraction of sp³-hybridized carbons (Fsp3) is 0.960. The number of carbonyl (C=O) groups is 2. The third-order valence-electron chi connectivity index (χ3n) is 12.1. The molecule has 0 rings (SSSR count). The van der Waals surface area contributed by atoms with Crippen LogP contribution in [0.1, 0.15) is 290 Å². The quantitative estimate of drug-likeness (QED) is 0.0496. The Balaban J connectivity index is 4.39. The molecule has 0 bridgehead atoms. The third-order valence-corrected chi connectivity index (χ3v) is 12.1. The summed E-state index contributed by atoms with van der Waals surface area (Å²) in [6, 6.07) is 0. The maximum atomic E-state index is 13.8. The zero-order valence-electron chi connectivity index (χ0n) is 37.5. The van der Waals surface area contributed by atoms with E-state index < -0.39 is 11.8 Å². The third kappa shape index (κ3) is 37.8. The molecule has 0 radical (unpaired) electrons. The highest BCUT2D eigenvalue weighted by Crippen LogP contribution is 2.19. The number of rotatable bonds is 46. The molecule has 0 heterocycles. The molecule has 1 atom stereocenters.